The van der Waals surface area contributed by atoms with Crippen molar-refractivity contribution in [2.45, 2.75) is 39.3 Å². The average Bonchev–Trinajstić information content (AvgIpc) is 2.94. The first-order valence-electron chi connectivity index (χ1n) is 6.57. The minimum atomic E-state index is -1.83. The third-order valence-electron chi connectivity index (χ3n) is 3.26. The lowest BCUT2D eigenvalue weighted by Gasteiger charge is -2.32. The van der Waals surface area contributed by atoms with Gasteiger partial charge in [-0.15, -0.1) is 16.1 Å². The van der Waals surface area contributed by atoms with Gasteiger partial charge < -0.3 is 10.4 Å². The van der Waals surface area contributed by atoms with E-state index in [2.05, 4.69) is 0 Å². The minimum absolute atomic E-state index is 0.240. The van der Waals surface area contributed by atoms with Gasteiger partial charge in [0, 0.05) is 0 Å². The Morgan fingerprint density at radius 2 is 1.95 bits per heavy atom. The molecular formula is C13H20N2O4S. The summed E-state index contributed by atoms with van der Waals surface area (Å²) in [5.41, 5.74) is -0.492. The smallest absolute Gasteiger partial charge is 0.492 e. The molecule has 0 atom stereocenters. The largest absolute Gasteiger partial charge is 0.618 e. The maximum Gasteiger partial charge on any atom is 0.492 e. The molecular weight excluding hydrogens is 280 g/mol. The van der Waals surface area contributed by atoms with Crippen LogP contribution in [0.2, 0.25) is 0 Å². The normalized spacial score (nSPS) is 21.6. The molecule has 1 aliphatic heterocycles. The van der Waals surface area contributed by atoms with E-state index in [1.807, 2.05) is 17.5 Å². The molecule has 1 aromatic rings. The maximum absolute atomic E-state index is 12.8. The van der Waals surface area contributed by atoms with Crippen molar-refractivity contribution >= 4 is 17.0 Å². The minimum Gasteiger partial charge on any atom is -0.618 e. The first-order chi connectivity index (χ1) is 9.41. The Bertz CT molecular complexity index is 492. The Hall–Kier alpha value is -0.990. The predicted molar refractivity (Wildman–Crippen MR) is 75.7 cm³/mol. The Morgan fingerprint density at radius 3 is 2.40 bits per heavy atom. The van der Waals surface area contributed by atoms with Gasteiger partial charge in [0.15, 0.2) is 0 Å². The molecule has 0 unspecified atom stereocenters. The van der Waals surface area contributed by atoms with Crippen LogP contribution in [0, 0.1) is 5.21 Å². The van der Waals surface area contributed by atoms with Crippen molar-refractivity contribution in [3.8, 4) is 0 Å². The van der Waals surface area contributed by atoms with Gasteiger partial charge in [-0.25, -0.2) is 0 Å². The second kappa shape index (κ2) is 5.42. The summed E-state index contributed by atoms with van der Waals surface area (Å²) in [7, 11) is 0. The van der Waals surface area contributed by atoms with Gasteiger partial charge in [0.1, 0.15) is 5.54 Å². The molecule has 0 fully saturated rings. The second-order valence-corrected chi connectivity index (χ2v) is 5.85. The zero-order valence-electron chi connectivity index (χ0n) is 12.1. The number of hydroxylamine groups is 3. The summed E-state index contributed by atoms with van der Waals surface area (Å²) < 4.78 is 11.6. The molecule has 0 saturated carbocycles. The molecule has 0 spiro atoms. The van der Waals surface area contributed by atoms with Crippen molar-refractivity contribution in [2.75, 3.05) is 13.2 Å². The van der Waals surface area contributed by atoms with Crippen LogP contribution in [-0.2, 0) is 9.47 Å². The van der Waals surface area contributed by atoms with Crippen LogP contribution in [0.4, 0.5) is 0 Å². The van der Waals surface area contributed by atoms with Gasteiger partial charge in [0.2, 0.25) is 5.71 Å². The van der Waals surface area contributed by atoms with E-state index >= 15 is 0 Å². The molecule has 2 rings (SSSR count). The summed E-state index contributed by atoms with van der Waals surface area (Å²) in [6, 6.07) is 1.88. The monoisotopic (exact) mass is 300 g/mol. The van der Waals surface area contributed by atoms with Crippen LogP contribution >= 0.6 is 11.3 Å². The van der Waals surface area contributed by atoms with E-state index in [0.717, 1.165) is 9.94 Å². The summed E-state index contributed by atoms with van der Waals surface area (Å²) >= 11 is 1.44. The Balaban J connectivity index is 2.60. The van der Waals surface area contributed by atoms with Crippen LogP contribution in [0.1, 0.15) is 32.6 Å². The van der Waals surface area contributed by atoms with E-state index in [9.17, 15) is 10.4 Å². The predicted octanol–water partition coefficient (Wildman–Crippen LogP) is 2.22. The molecule has 1 aliphatic rings. The lowest BCUT2D eigenvalue weighted by molar-refractivity contribution is -0.722. The van der Waals surface area contributed by atoms with Crippen molar-refractivity contribution in [2.24, 2.45) is 0 Å². The molecule has 0 radical (unpaired) electrons. The zero-order valence-corrected chi connectivity index (χ0v) is 12.9. The molecule has 20 heavy (non-hydrogen) atoms. The van der Waals surface area contributed by atoms with Crippen molar-refractivity contribution in [1.82, 2.24) is 5.06 Å². The third-order valence-corrected chi connectivity index (χ3v) is 4.13. The molecule has 0 amide bonds. The van der Waals surface area contributed by atoms with Gasteiger partial charge in [0.25, 0.3) is 0 Å². The second-order valence-electron chi connectivity index (χ2n) is 4.91. The molecule has 1 N–H and O–H groups in total. The Labute approximate surface area is 122 Å². The highest BCUT2D eigenvalue weighted by Crippen LogP contribution is 2.37. The zero-order chi connectivity index (χ0) is 15.0. The SMILES string of the molecule is CCOC1(OCC)N(O)C(C)(C)C(c2cccs2)=[N+]1[O-]. The van der Waals surface area contributed by atoms with Crippen LogP contribution < -0.4 is 0 Å². The fourth-order valence-electron chi connectivity index (χ4n) is 2.40. The fourth-order valence-corrected chi connectivity index (χ4v) is 3.31. The average molecular weight is 300 g/mol. The molecule has 6 nitrogen and oxygen atoms in total. The first-order valence-corrected chi connectivity index (χ1v) is 7.45. The maximum atomic E-state index is 12.8. The molecule has 2 heterocycles. The van der Waals surface area contributed by atoms with E-state index in [1.165, 1.54) is 11.3 Å². The molecule has 112 valence electrons. The quantitative estimate of drug-likeness (QED) is 0.513. The molecule has 0 bridgehead atoms. The van der Waals surface area contributed by atoms with Gasteiger partial charge in [-0.05, 0) is 39.1 Å². The summed E-state index contributed by atoms with van der Waals surface area (Å²) in [4.78, 5) is 0.783. The van der Waals surface area contributed by atoms with E-state index in [1.54, 1.807) is 27.7 Å². The van der Waals surface area contributed by atoms with Gasteiger partial charge in [-0.1, -0.05) is 11.1 Å². The van der Waals surface area contributed by atoms with Crippen LogP contribution in [0.3, 0.4) is 0 Å². The van der Waals surface area contributed by atoms with E-state index in [-0.39, 0.29) is 13.2 Å². The van der Waals surface area contributed by atoms with E-state index in [4.69, 9.17) is 9.47 Å². The van der Waals surface area contributed by atoms with Crippen molar-refractivity contribution in [1.29, 1.82) is 0 Å². The topological polar surface area (TPSA) is 68.0 Å². The Kier molecular flexibility index (Phi) is 4.17. The molecule has 7 heteroatoms. The lowest BCUT2D eigenvalue weighted by Crippen LogP contribution is -2.58. The number of nitrogens with zero attached hydrogens (tertiary/aromatic N) is 2. The number of rotatable bonds is 5. The standard InChI is InChI=1S/C13H20N2O4S/c1-5-18-13(19-6-2)14(16)11(10-8-7-9-20-10)12(3,4)15(13)17/h7-9,17H,5-6H2,1-4H3. The van der Waals surface area contributed by atoms with E-state index in [0.29, 0.717) is 10.5 Å². The highest BCUT2D eigenvalue weighted by molar-refractivity contribution is 7.12. The van der Waals surface area contributed by atoms with Crippen molar-refractivity contribution in [3.05, 3.63) is 27.6 Å². The van der Waals surface area contributed by atoms with Crippen LogP contribution in [0.5, 0.6) is 0 Å². The van der Waals surface area contributed by atoms with Gasteiger partial charge in [-0.3, -0.25) is 9.47 Å². The number of thiophene rings is 1. The molecule has 1 aromatic heterocycles. The highest BCUT2D eigenvalue weighted by Gasteiger charge is 2.65. The summed E-state index contributed by atoms with van der Waals surface area (Å²) in [6.07, 6.45) is 0. The Morgan fingerprint density at radius 1 is 1.35 bits per heavy atom. The van der Waals surface area contributed by atoms with Crippen LogP contribution in [0.15, 0.2) is 17.5 Å². The number of hydrogen-bond donors (Lipinski definition) is 1. The van der Waals surface area contributed by atoms with Crippen molar-refractivity contribution < 1.29 is 19.4 Å². The first kappa shape index (κ1) is 15.4. The number of ether oxygens (including phenoxy) is 2. The summed E-state index contributed by atoms with van der Waals surface area (Å²) in [5.74, 6) is 0. The molecule has 0 saturated heterocycles. The van der Waals surface area contributed by atoms with Gasteiger partial charge in [0.05, 0.1) is 18.1 Å². The molecule has 0 aromatic carbocycles. The van der Waals surface area contributed by atoms with Crippen LogP contribution in [-0.4, -0.2) is 45.5 Å². The van der Waals surface area contributed by atoms with E-state index < -0.39 is 11.6 Å². The van der Waals surface area contributed by atoms with Gasteiger partial charge in [-0.2, -0.15) is 0 Å². The van der Waals surface area contributed by atoms with Crippen molar-refractivity contribution in [3.63, 3.8) is 0 Å². The summed E-state index contributed by atoms with van der Waals surface area (Å²) in [6.45, 7) is 7.49. The molecule has 0 aliphatic carbocycles. The number of hydrogen-bond acceptors (Lipinski definition) is 6. The lowest BCUT2D eigenvalue weighted by atomic mass is 9.98. The summed E-state index contributed by atoms with van der Waals surface area (Å²) in [5, 5.41) is 26.0. The van der Waals surface area contributed by atoms with Gasteiger partial charge >= 0.3 is 6.03 Å². The third kappa shape index (κ3) is 2.06. The van der Waals surface area contributed by atoms with Crippen LogP contribution in [0.25, 0.3) is 0 Å². The highest BCUT2D eigenvalue weighted by atomic mass is 32.1. The fraction of sp³-hybridized carbons (Fsp3) is 0.615.